The van der Waals surface area contributed by atoms with E-state index in [1.807, 2.05) is 0 Å². The lowest BCUT2D eigenvalue weighted by Gasteiger charge is -2.26. The van der Waals surface area contributed by atoms with E-state index in [1.165, 1.54) is 107 Å². The van der Waals surface area contributed by atoms with Crippen molar-refractivity contribution in [2.24, 2.45) is 0 Å². The Hall–Kier alpha value is -6.03. The summed E-state index contributed by atoms with van der Waals surface area (Å²) in [7, 11) is 0.0499. The molecule has 2 nitrogen and oxygen atoms in total. The topological polar surface area (TPSA) is 6.48 Å². The van der Waals surface area contributed by atoms with Gasteiger partial charge in [-0.05, 0) is 175 Å². The lowest BCUT2D eigenvalue weighted by atomic mass is 10.0. The normalized spacial score (nSPS) is 11.6. The largest absolute Gasteiger partial charge is 0.310 e. The molecule has 0 bridgehead atoms. The fraction of sp³-hybridized carbons (Fsp3) is 0.281. The summed E-state index contributed by atoms with van der Waals surface area (Å²) in [5.74, 6) is 0. The van der Waals surface area contributed by atoms with Crippen LogP contribution in [0.3, 0.4) is 0 Å². The van der Waals surface area contributed by atoms with Crippen LogP contribution in [-0.2, 0) is 36.6 Å². The molecule has 0 aromatic heterocycles. The smallest absolute Gasteiger partial charge is 0.163 e. The number of benzene rings is 7. The number of aryl methyl sites for hydroxylation is 4. The van der Waals surface area contributed by atoms with Gasteiger partial charge in [-0.1, -0.05) is 150 Å². The lowest BCUT2D eigenvalue weighted by molar-refractivity contribution is 0.795. The van der Waals surface area contributed by atoms with Crippen LogP contribution in [0.4, 0.5) is 34.1 Å². The Bertz CT molecular complexity index is 2570. The van der Waals surface area contributed by atoms with Crippen molar-refractivity contribution in [1.82, 2.24) is 0 Å². The maximum atomic E-state index is 3.58. The van der Waals surface area contributed by atoms with Gasteiger partial charge in [0.2, 0.25) is 0 Å². The highest BCUT2D eigenvalue weighted by Crippen LogP contribution is 2.38. The lowest BCUT2D eigenvalue weighted by Crippen LogP contribution is -2.12. The Balaban J connectivity index is 1.07. The third kappa shape index (κ3) is 13.8. The van der Waals surface area contributed by atoms with Gasteiger partial charge >= 0.3 is 0 Å². The molecule has 7 aromatic rings. The Kier molecular flexibility index (Phi) is 18.4. The van der Waals surface area contributed by atoms with Crippen LogP contribution in [0, 0.1) is 6.07 Å². The Labute approximate surface area is 407 Å². The van der Waals surface area contributed by atoms with Crippen molar-refractivity contribution in [3.63, 3.8) is 0 Å². The van der Waals surface area contributed by atoms with Crippen LogP contribution in [0.15, 0.2) is 163 Å². The molecule has 0 unspecified atom stereocenters. The predicted octanol–water partition coefficient (Wildman–Crippen LogP) is 18.4. The minimum Gasteiger partial charge on any atom is -0.310 e. The third-order valence-corrected chi connectivity index (χ3v) is 13.9. The van der Waals surface area contributed by atoms with E-state index in [9.17, 15) is 0 Å². The van der Waals surface area contributed by atoms with E-state index in [4.69, 9.17) is 0 Å². The molecule has 343 valence electrons. The molecule has 1 radical (unpaired) electrons. The average molecular weight is 901 g/mol. The first kappa shape index (κ1) is 48.9. The van der Waals surface area contributed by atoms with Gasteiger partial charge in [0.15, 0.2) is 4.90 Å². The number of hydrogen-bond acceptors (Lipinski definition) is 2. The van der Waals surface area contributed by atoms with Crippen LogP contribution in [0.25, 0.3) is 24.3 Å². The number of rotatable bonds is 23. The molecule has 0 aliphatic heterocycles. The van der Waals surface area contributed by atoms with E-state index in [2.05, 4.69) is 238 Å². The molecule has 0 amide bonds. The summed E-state index contributed by atoms with van der Waals surface area (Å²) in [6.45, 7) is 9.04. The number of anilines is 6. The van der Waals surface area contributed by atoms with Gasteiger partial charge in [0, 0.05) is 51.0 Å². The second kappa shape index (κ2) is 25.2. The molecule has 67 heavy (non-hydrogen) atoms. The molecule has 0 saturated carbocycles. The van der Waals surface area contributed by atoms with Crippen LogP contribution in [0.1, 0.15) is 124 Å². The van der Waals surface area contributed by atoms with Crippen LogP contribution in [0.2, 0.25) is 0 Å². The fourth-order valence-electron chi connectivity index (χ4n) is 8.62. The van der Waals surface area contributed by atoms with E-state index < -0.39 is 0 Å². The molecular formula is C64H72N2S+. The SMILES string of the molecule is CCCCc1ccc(N(c2c[c]c(C=Cc3ccc(C=Cc4ccc(N(c5ccc(CCCC)cc5)c5cccc(CCCC)c5)cc4[S+](C)C)cc3)cc2)c2ccc(CCCC)cc2)cc1. The highest BCUT2D eigenvalue weighted by atomic mass is 32.2. The first-order chi connectivity index (χ1) is 32.8. The molecule has 0 fully saturated rings. The molecule has 0 atom stereocenters. The molecule has 0 heterocycles. The Morgan fingerprint density at radius 1 is 0.403 bits per heavy atom. The number of unbranched alkanes of at least 4 members (excludes halogenated alkanes) is 4. The summed E-state index contributed by atoms with van der Waals surface area (Å²) >= 11 is 0. The van der Waals surface area contributed by atoms with E-state index in [0.29, 0.717) is 0 Å². The molecule has 0 aliphatic rings. The summed E-state index contributed by atoms with van der Waals surface area (Å²) in [6, 6.07) is 62.5. The molecule has 0 spiro atoms. The molecule has 0 saturated heterocycles. The van der Waals surface area contributed by atoms with E-state index in [0.717, 1.165) is 53.9 Å². The monoisotopic (exact) mass is 901 g/mol. The summed E-state index contributed by atoms with van der Waals surface area (Å²) in [6.07, 6.45) is 27.7. The minimum absolute atomic E-state index is 0.0499. The number of hydrogen-bond donors (Lipinski definition) is 0. The summed E-state index contributed by atoms with van der Waals surface area (Å²) in [5, 5.41) is 0. The molecule has 3 heteroatoms. The van der Waals surface area contributed by atoms with Crippen LogP contribution in [-0.4, -0.2) is 12.5 Å². The van der Waals surface area contributed by atoms with Gasteiger partial charge in [0.1, 0.15) is 12.5 Å². The van der Waals surface area contributed by atoms with Gasteiger partial charge < -0.3 is 9.80 Å². The minimum atomic E-state index is 0.0499. The van der Waals surface area contributed by atoms with Gasteiger partial charge in [0.25, 0.3) is 0 Å². The van der Waals surface area contributed by atoms with Crippen LogP contribution in [0.5, 0.6) is 0 Å². The predicted molar refractivity (Wildman–Crippen MR) is 297 cm³/mol. The zero-order valence-electron chi connectivity index (χ0n) is 41.1. The second-order valence-electron chi connectivity index (χ2n) is 18.1. The zero-order chi connectivity index (χ0) is 46.8. The molecule has 7 aromatic carbocycles. The Morgan fingerprint density at radius 3 is 1.30 bits per heavy atom. The third-order valence-electron chi connectivity index (χ3n) is 12.6. The van der Waals surface area contributed by atoms with Crippen molar-refractivity contribution in [2.45, 2.75) is 110 Å². The van der Waals surface area contributed by atoms with E-state index >= 15 is 0 Å². The quantitative estimate of drug-likeness (QED) is 0.0466. The fourth-order valence-corrected chi connectivity index (χ4v) is 9.58. The van der Waals surface area contributed by atoms with Gasteiger partial charge in [-0.15, -0.1) is 0 Å². The number of nitrogens with zero attached hydrogens (tertiary/aromatic N) is 2. The summed E-state index contributed by atoms with van der Waals surface area (Å²) in [4.78, 5) is 6.16. The zero-order valence-corrected chi connectivity index (χ0v) is 41.9. The van der Waals surface area contributed by atoms with Gasteiger partial charge in [0.05, 0.1) is 5.69 Å². The van der Waals surface area contributed by atoms with Crippen LogP contribution < -0.4 is 9.80 Å². The molecule has 0 N–H and O–H groups in total. The van der Waals surface area contributed by atoms with Crippen molar-refractivity contribution in [3.8, 4) is 0 Å². The van der Waals surface area contributed by atoms with Crippen molar-refractivity contribution < 1.29 is 0 Å². The van der Waals surface area contributed by atoms with E-state index in [-0.39, 0.29) is 10.9 Å². The van der Waals surface area contributed by atoms with Crippen molar-refractivity contribution in [2.75, 3.05) is 22.3 Å². The highest BCUT2D eigenvalue weighted by molar-refractivity contribution is 7.95. The molecule has 7 rings (SSSR count). The second-order valence-corrected chi connectivity index (χ2v) is 20.2. The van der Waals surface area contributed by atoms with Crippen molar-refractivity contribution in [1.29, 1.82) is 0 Å². The average Bonchev–Trinajstić information content (AvgIpc) is 3.37. The van der Waals surface area contributed by atoms with Crippen molar-refractivity contribution in [3.05, 3.63) is 208 Å². The van der Waals surface area contributed by atoms with E-state index in [1.54, 1.807) is 0 Å². The molecular weight excluding hydrogens is 829 g/mol. The first-order valence-corrected chi connectivity index (χ1v) is 27.1. The summed E-state index contributed by atoms with van der Waals surface area (Å²) in [5.41, 5.74) is 17.3. The standard InChI is InChI=1S/C64H72N2S/c1-7-11-16-50-29-39-58(40-30-50)65(59-41-31-51(32-42-59)17-12-8-2)60-45-35-55(36-46-60)27-24-53-22-25-54(26-23-53)28-37-57-38-47-63(49-64(57)67(5)6)66(61-43-33-52(34-44-61)18-13-9-3)62-21-15-20-56(48-62)19-14-10-4/h15,20-35,37-49H,7-14,16-19H2,1-6H3/q+1. The van der Waals surface area contributed by atoms with Crippen molar-refractivity contribution >= 4 is 69.3 Å². The highest BCUT2D eigenvalue weighted by Gasteiger charge is 2.20. The van der Waals surface area contributed by atoms with Gasteiger partial charge in [-0.3, -0.25) is 0 Å². The Morgan fingerprint density at radius 2 is 0.836 bits per heavy atom. The van der Waals surface area contributed by atoms with Crippen LogP contribution >= 0.6 is 0 Å². The molecule has 0 aliphatic carbocycles. The van der Waals surface area contributed by atoms with Gasteiger partial charge in [-0.2, -0.15) is 0 Å². The maximum absolute atomic E-state index is 3.58. The first-order valence-electron chi connectivity index (χ1n) is 25.0. The van der Waals surface area contributed by atoms with Gasteiger partial charge in [-0.25, -0.2) is 0 Å². The summed E-state index contributed by atoms with van der Waals surface area (Å²) < 4.78 is 0. The maximum Gasteiger partial charge on any atom is 0.163 e.